The second-order valence-corrected chi connectivity index (χ2v) is 5.97. The largest absolute Gasteiger partial charge is 0.496 e. The van der Waals surface area contributed by atoms with Crippen LogP contribution >= 0.6 is 0 Å². The van der Waals surface area contributed by atoms with Gasteiger partial charge in [-0.15, -0.1) is 0 Å². The molecule has 1 N–H and O–H groups in total. The first-order valence-corrected chi connectivity index (χ1v) is 7.64. The van der Waals surface area contributed by atoms with E-state index in [9.17, 15) is 5.11 Å². The zero-order valence-electron chi connectivity index (χ0n) is 13.7. The Bertz CT molecular complexity index is 544. The van der Waals surface area contributed by atoms with Crippen molar-refractivity contribution in [3.63, 3.8) is 0 Å². The maximum atomic E-state index is 11.2. The topological polar surface area (TPSA) is 38.7 Å². The summed E-state index contributed by atoms with van der Waals surface area (Å²) < 4.78 is 11.0. The van der Waals surface area contributed by atoms with Crippen LogP contribution in [0.5, 0.6) is 11.5 Å². The fraction of sp³-hybridized carbons (Fsp3) is 0.556. The number of allylic oxidation sites excluding steroid dienone is 1. The maximum Gasteiger partial charge on any atom is 0.126 e. The lowest BCUT2D eigenvalue weighted by Crippen LogP contribution is -2.35. The highest BCUT2D eigenvalue weighted by molar-refractivity contribution is 5.77. The molecule has 0 aliphatic heterocycles. The molecule has 1 aliphatic carbocycles. The highest BCUT2D eigenvalue weighted by Gasteiger charge is 2.41. The number of hydrogen-bond donors (Lipinski definition) is 1. The predicted octanol–water partition coefficient (Wildman–Crippen LogP) is 4.13. The van der Waals surface area contributed by atoms with Crippen LogP contribution in [0.15, 0.2) is 18.2 Å². The van der Waals surface area contributed by atoms with Crippen molar-refractivity contribution in [1.29, 1.82) is 0 Å². The van der Waals surface area contributed by atoms with Crippen molar-refractivity contribution < 1.29 is 14.6 Å². The Kier molecular flexibility index (Phi) is 4.62. The number of aliphatic hydroxyl groups is 1. The van der Waals surface area contributed by atoms with Gasteiger partial charge in [0.1, 0.15) is 11.5 Å². The molecule has 1 aromatic rings. The molecular weight excluding hydrogens is 264 g/mol. The fourth-order valence-electron chi connectivity index (χ4n) is 3.32. The Balaban J connectivity index is 2.62. The molecule has 0 spiro atoms. The van der Waals surface area contributed by atoms with Crippen LogP contribution in [-0.4, -0.2) is 19.3 Å². The van der Waals surface area contributed by atoms with Gasteiger partial charge in [-0.3, -0.25) is 0 Å². The van der Waals surface area contributed by atoms with Crippen LogP contribution < -0.4 is 9.47 Å². The number of ether oxygens (including phenoxy) is 2. The second-order valence-electron chi connectivity index (χ2n) is 5.97. The molecule has 2 rings (SSSR count). The molecule has 3 nitrogen and oxygen atoms in total. The lowest BCUT2D eigenvalue weighted by atomic mass is 9.71. The van der Waals surface area contributed by atoms with Crippen LogP contribution in [0, 0.1) is 5.92 Å². The van der Waals surface area contributed by atoms with Gasteiger partial charge in [0, 0.05) is 17.0 Å². The van der Waals surface area contributed by atoms with Gasteiger partial charge in [0.15, 0.2) is 0 Å². The van der Waals surface area contributed by atoms with Gasteiger partial charge in [0.2, 0.25) is 0 Å². The molecule has 3 heteroatoms. The Morgan fingerprint density at radius 2 is 1.81 bits per heavy atom. The first-order valence-electron chi connectivity index (χ1n) is 7.64. The molecule has 0 unspecified atom stereocenters. The van der Waals surface area contributed by atoms with Gasteiger partial charge in [-0.2, -0.15) is 0 Å². The molecule has 0 amide bonds. The van der Waals surface area contributed by atoms with Crippen LogP contribution in [0.1, 0.15) is 51.2 Å². The number of methoxy groups -OCH3 is 2. The fourth-order valence-corrected chi connectivity index (χ4v) is 3.32. The number of fused-ring (bicyclic) bond motifs is 1. The average molecular weight is 290 g/mol. The lowest BCUT2D eigenvalue weighted by Gasteiger charge is -2.38. The summed E-state index contributed by atoms with van der Waals surface area (Å²) in [7, 11) is 3.31. The minimum atomic E-state index is -0.941. The molecule has 0 bridgehead atoms. The number of hydrogen-bond acceptors (Lipinski definition) is 3. The first kappa shape index (κ1) is 15.9. The lowest BCUT2D eigenvalue weighted by molar-refractivity contribution is 0.00529. The summed E-state index contributed by atoms with van der Waals surface area (Å²) in [6.45, 7) is 6.14. The highest BCUT2D eigenvalue weighted by atomic mass is 16.5. The van der Waals surface area contributed by atoms with E-state index in [-0.39, 0.29) is 5.92 Å². The summed E-state index contributed by atoms with van der Waals surface area (Å²) in [6.07, 6.45) is 5.38. The number of unbranched alkanes of at least 4 members (excludes halogenated alkanes) is 1. The molecule has 21 heavy (non-hydrogen) atoms. The Labute approximate surface area is 127 Å². The summed E-state index contributed by atoms with van der Waals surface area (Å²) in [5.41, 5.74) is 2.03. The van der Waals surface area contributed by atoms with Gasteiger partial charge in [0.25, 0.3) is 0 Å². The highest BCUT2D eigenvalue weighted by Crippen LogP contribution is 2.49. The molecule has 1 aliphatic rings. The van der Waals surface area contributed by atoms with Gasteiger partial charge in [-0.1, -0.05) is 25.8 Å². The van der Waals surface area contributed by atoms with E-state index in [1.807, 2.05) is 19.1 Å². The summed E-state index contributed by atoms with van der Waals surface area (Å²) >= 11 is 0. The van der Waals surface area contributed by atoms with Gasteiger partial charge >= 0.3 is 0 Å². The van der Waals surface area contributed by atoms with Crippen LogP contribution in [0.2, 0.25) is 0 Å². The Hall–Kier alpha value is -1.48. The molecule has 0 heterocycles. The minimum Gasteiger partial charge on any atom is -0.496 e. The Morgan fingerprint density at radius 1 is 1.19 bits per heavy atom. The van der Waals surface area contributed by atoms with Crippen molar-refractivity contribution in [1.82, 2.24) is 0 Å². The van der Waals surface area contributed by atoms with Gasteiger partial charge < -0.3 is 14.6 Å². The standard InChI is InChI=1S/C18H26O3/c1-6-7-8-13-11-12(2)16-14(20-4)9-10-15(21-5)17(16)18(13,3)19/h9-11,13,19H,6-8H2,1-5H3/t13-,18+/m1/s1. The van der Waals surface area contributed by atoms with Gasteiger partial charge in [-0.05, 0) is 38.0 Å². The number of rotatable bonds is 5. The molecule has 0 saturated heterocycles. The number of benzene rings is 1. The van der Waals surface area contributed by atoms with E-state index in [0.717, 1.165) is 47.5 Å². The zero-order chi connectivity index (χ0) is 15.6. The van der Waals surface area contributed by atoms with E-state index in [0.29, 0.717) is 0 Å². The molecule has 1 aromatic carbocycles. The summed E-state index contributed by atoms with van der Waals surface area (Å²) in [5, 5.41) is 11.2. The molecule has 116 valence electrons. The third-order valence-electron chi connectivity index (χ3n) is 4.51. The molecule has 0 radical (unpaired) electrons. The zero-order valence-corrected chi connectivity index (χ0v) is 13.7. The average Bonchev–Trinajstić information content (AvgIpc) is 2.48. The van der Waals surface area contributed by atoms with Crippen LogP contribution in [0.3, 0.4) is 0 Å². The third kappa shape index (κ3) is 2.67. The molecular formula is C18H26O3. The van der Waals surface area contributed by atoms with Crippen molar-refractivity contribution in [3.8, 4) is 11.5 Å². The van der Waals surface area contributed by atoms with Crippen LogP contribution in [0.4, 0.5) is 0 Å². The molecule has 2 atom stereocenters. The summed E-state index contributed by atoms with van der Waals surface area (Å²) in [6, 6.07) is 3.78. The van der Waals surface area contributed by atoms with Crippen LogP contribution in [-0.2, 0) is 5.60 Å². The minimum absolute atomic E-state index is 0.103. The molecule has 0 saturated carbocycles. The van der Waals surface area contributed by atoms with Gasteiger partial charge in [-0.25, -0.2) is 0 Å². The van der Waals surface area contributed by atoms with E-state index in [1.54, 1.807) is 14.2 Å². The smallest absolute Gasteiger partial charge is 0.126 e. The monoisotopic (exact) mass is 290 g/mol. The van der Waals surface area contributed by atoms with Gasteiger partial charge in [0.05, 0.1) is 19.8 Å². The van der Waals surface area contributed by atoms with Crippen molar-refractivity contribution in [2.45, 2.75) is 45.6 Å². The SMILES string of the molecule is CCCC[C@@H]1C=C(C)c2c(OC)ccc(OC)c2[C@@]1(C)O. The molecule has 0 fully saturated rings. The Morgan fingerprint density at radius 3 is 2.38 bits per heavy atom. The van der Waals surface area contributed by atoms with E-state index in [4.69, 9.17) is 9.47 Å². The third-order valence-corrected chi connectivity index (χ3v) is 4.51. The van der Waals surface area contributed by atoms with Crippen LogP contribution in [0.25, 0.3) is 5.57 Å². The van der Waals surface area contributed by atoms with Crippen molar-refractivity contribution in [3.05, 3.63) is 29.3 Å². The van der Waals surface area contributed by atoms with E-state index in [2.05, 4.69) is 19.9 Å². The quantitative estimate of drug-likeness (QED) is 0.886. The van der Waals surface area contributed by atoms with E-state index in [1.165, 1.54) is 0 Å². The van der Waals surface area contributed by atoms with E-state index >= 15 is 0 Å². The summed E-state index contributed by atoms with van der Waals surface area (Å²) in [5.74, 6) is 1.62. The first-order chi connectivity index (χ1) is 9.97. The maximum absolute atomic E-state index is 11.2. The molecule has 0 aromatic heterocycles. The van der Waals surface area contributed by atoms with Crippen molar-refractivity contribution in [2.75, 3.05) is 14.2 Å². The normalized spacial score (nSPS) is 24.3. The summed E-state index contributed by atoms with van der Waals surface area (Å²) in [4.78, 5) is 0. The van der Waals surface area contributed by atoms with Crippen molar-refractivity contribution in [2.24, 2.45) is 5.92 Å². The van der Waals surface area contributed by atoms with E-state index < -0.39 is 5.60 Å². The van der Waals surface area contributed by atoms with Crippen molar-refractivity contribution >= 4 is 5.57 Å². The predicted molar refractivity (Wildman–Crippen MR) is 85.8 cm³/mol. The second kappa shape index (κ2) is 6.10.